The van der Waals surface area contributed by atoms with Crippen molar-refractivity contribution in [3.05, 3.63) is 30.0 Å². The quantitative estimate of drug-likeness (QED) is 0.830. The Hall–Kier alpha value is -1.48. The fourth-order valence-corrected chi connectivity index (χ4v) is 1.91. The molecule has 2 aromatic rings. The lowest BCUT2D eigenvalue weighted by Crippen LogP contribution is -2.21. The van der Waals surface area contributed by atoms with Crippen LogP contribution in [-0.4, -0.2) is 15.7 Å². The van der Waals surface area contributed by atoms with Gasteiger partial charge in [0.1, 0.15) is 5.75 Å². The predicted octanol–water partition coefficient (Wildman–Crippen LogP) is 2.38. The lowest BCUT2D eigenvalue weighted by molar-refractivity contribution is 0.476. The summed E-state index contributed by atoms with van der Waals surface area (Å²) in [6.07, 6.45) is 2.11. The number of nitrogens with zero attached hydrogens (tertiary/aromatic N) is 1. The van der Waals surface area contributed by atoms with E-state index >= 15 is 0 Å². The van der Waals surface area contributed by atoms with Crippen molar-refractivity contribution in [2.75, 3.05) is 0 Å². The van der Waals surface area contributed by atoms with Crippen LogP contribution in [-0.2, 0) is 13.6 Å². The first-order chi connectivity index (χ1) is 7.58. The van der Waals surface area contributed by atoms with Crippen molar-refractivity contribution in [1.29, 1.82) is 0 Å². The molecule has 3 heteroatoms. The second kappa shape index (κ2) is 4.18. The number of aromatic hydroxyl groups is 1. The molecule has 0 unspecified atom stereocenters. The standard InChI is InChI=1S/C13H18N2O/c1-9(2)14-7-10-8-15(3)13-6-11(16)4-5-12(10)13/h4-6,8-9,14,16H,7H2,1-3H3. The number of aromatic nitrogens is 1. The van der Waals surface area contributed by atoms with E-state index in [9.17, 15) is 5.11 Å². The van der Waals surface area contributed by atoms with Crippen LogP contribution >= 0.6 is 0 Å². The van der Waals surface area contributed by atoms with Crippen molar-refractivity contribution in [3.63, 3.8) is 0 Å². The van der Waals surface area contributed by atoms with Gasteiger partial charge in [0.2, 0.25) is 0 Å². The molecule has 16 heavy (non-hydrogen) atoms. The highest BCUT2D eigenvalue weighted by Gasteiger charge is 2.07. The van der Waals surface area contributed by atoms with Gasteiger partial charge in [0.15, 0.2) is 0 Å². The van der Waals surface area contributed by atoms with Crippen molar-refractivity contribution in [2.45, 2.75) is 26.4 Å². The van der Waals surface area contributed by atoms with Crippen molar-refractivity contribution >= 4 is 10.9 Å². The lowest BCUT2D eigenvalue weighted by atomic mass is 10.1. The minimum absolute atomic E-state index is 0.317. The summed E-state index contributed by atoms with van der Waals surface area (Å²) in [4.78, 5) is 0. The maximum Gasteiger partial charge on any atom is 0.117 e. The normalized spacial score (nSPS) is 11.5. The number of benzene rings is 1. The second-order valence-corrected chi connectivity index (χ2v) is 4.50. The van der Waals surface area contributed by atoms with Crippen LogP contribution in [0.5, 0.6) is 5.75 Å². The molecule has 0 radical (unpaired) electrons. The molecule has 3 nitrogen and oxygen atoms in total. The van der Waals surface area contributed by atoms with Crippen molar-refractivity contribution in [3.8, 4) is 5.75 Å². The Balaban J connectivity index is 2.39. The molecule has 1 aromatic heterocycles. The van der Waals surface area contributed by atoms with E-state index in [0.717, 1.165) is 12.1 Å². The number of fused-ring (bicyclic) bond motifs is 1. The first kappa shape index (κ1) is 11.0. The number of aryl methyl sites for hydroxylation is 1. The van der Waals surface area contributed by atoms with Crippen molar-refractivity contribution < 1.29 is 5.11 Å². The molecule has 1 aromatic carbocycles. The average Bonchev–Trinajstić information content (AvgIpc) is 2.53. The molecule has 0 saturated carbocycles. The van der Waals surface area contributed by atoms with E-state index in [-0.39, 0.29) is 0 Å². The largest absolute Gasteiger partial charge is 0.508 e. The molecule has 0 amide bonds. The maximum atomic E-state index is 9.45. The SMILES string of the molecule is CC(C)NCc1cn(C)c2cc(O)ccc12. The summed E-state index contributed by atoms with van der Waals surface area (Å²) in [5, 5.41) is 14.1. The molecule has 2 N–H and O–H groups in total. The van der Waals surface area contributed by atoms with Crippen LogP contribution in [0.4, 0.5) is 0 Å². The Labute approximate surface area is 95.7 Å². The van der Waals surface area contributed by atoms with Crippen LogP contribution in [0.2, 0.25) is 0 Å². The van der Waals surface area contributed by atoms with Crippen LogP contribution in [0.1, 0.15) is 19.4 Å². The van der Waals surface area contributed by atoms with E-state index in [0.29, 0.717) is 11.8 Å². The summed E-state index contributed by atoms with van der Waals surface area (Å²) < 4.78 is 2.05. The maximum absolute atomic E-state index is 9.45. The molecule has 0 aliphatic rings. The van der Waals surface area contributed by atoms with Crippen molar-refractivity contribution in [2.24, 2.45) is 7.05 Å². The van der Waals surface area contributed by atoms with Gasteiger partial charge in [-0.1, -0.05) is 13.8 Å². The van der Waals surface area contributed by atoms with Gasteiger partial charge >= 0.3 is 0 Å². The second-order valence-electron chi connectivity index (χ2n) is 4.50. The van der Waals surface area contributed by atoms with E-state index in [2.05, 4.69) is 25.4 Å². The Morgan fingerprint density at radius 2 is 2.12 bits per heavy atom. The third kappa shape index (κ3) is 2.04. The van der Waals surface area contributed by atoms with Gasteiger partial charge in [0.05, 0.1) is 5.52 Å². The van der Waals surface area contributed by atoms with Gasteiger partial charge in [0, 0.05) is 37.3 Å². The zero-order valence-electron chi connectivity index (χ0n) is 9.99. The third-order valence-electron chi connectivity index (χ3n) is 2.76. The molecule has 0 aliphatic carbocycles. The Morgan fingerprint density at radius 3 is 2.81 bits per heavy atom. The molecule has 0 aliphatic heterocycles. The summed E-state index contributed by atoms with van der Waals surface area (Å²) in [6.45, 7) is 5.13. The number of phenols is 1. The molecular weight excluding hydrogens is 200 g/mol. The van der Waals surface area contributed by atoms with Crippen molar-refractivity contribution in [1.82, 2.24) is 9.88 Å². The molecular formula is C13H18N2O. The Kier molecular flexibility index (Phi) is 2.88. The highest BCUT2D eigenvalue weighted by molar-refractivity contribution is 5.85. The van der Waals surface area contributed by atoms with Gasteiger partial charge in [-0.25, -0.2) is 0 Å². The van der Waals surface area contributed by atoms with E-state index < -0.39 is 0 Å². The van der Waals surface area contributed by atoms with E-state index in [1.54, 1.807) is 12.1 Å². The summed E-state index contributed by atoms with van der Waals surface area (Å²) in [6, 6.07) is 5.99. The summed E-state index contributed by atoms with van der Waals surface area (Å²) in [5.41, 5.74) is 2.34. The fourth-order valence-electron chi connectivity index (χ4n) is 1.91. The van der Waals surface area contributed by atoms with Gasteiger partial charge in [0.25, 0.3) is 0 Å². The van der Waals surface area contributed by atoms with E-state index in [1.807, 2.05) is 17.7 Å². The first-order valence-corrected chi connectivity index (χ1v) is 5.58. The van der Waals surface area contributed by atoms with Gasteiger partial charge < -0.3 is 15.0 Å². The van der Waals surface area contributed by atoms with Gasteiger partial charge in [-0.05, 0) is 17.7 Å². The molecule has 86 valence electrons. The molecule has 0 spiro atoms. The number of nitrogens with one attached hydrogen (secondary N) is 1. The molecule has 0 saturated heterocycles. The van der Waals surface area contributed by atoms with Crippen LogP contribution in [0.15, 0.2) is 24.4 Å². The minimum atomic E-state index is 0.317. The predicted molar refractivity (Wildman–Crippen MR) is 66.6 cm³/mol. The lowest BCUT2D eigenvalue weighted by Gasteiger charge is -2.06. The minimum Gasteiger partial charge on any atom is -0.508 e. The number of phenolic OH excluding ortho intramolecular Hbond substituents is 1. The molecule has 2 rings (SSSR count). The number of rotatable bonds is 3. The van der Waals surface area contributed by atoms with Gasteiger partial charge in [-0.2, -0.15) is 0 Å². The summed E-state index contributed by atoms with van der Waals surface area (Å²) in [5.74, 6) is 0.317. The Bertz CT molecular complexity index is 500. The molecule has 1 heterocycles. The fraction of sp³-hybridized carbons (Fsp3) is 0.385. The highest BCUT2D eigenvalue weighted by Crippen LogP contribution is 2.24. The van der Waals surface area contributed by atoms with Crippen LogP contribution in [0.25, 0.3) is 10.9 Å². The van der Waals surface area contributed by atoms with Crippen LogP contribution in [0, 0.1) is 0 Å². The number of hydrogen-bond acceptors (Lipinski definition) is 2. The van der Waals surface area contributed by atoms with E-state index in [1.165, 1.54) is 10.9 Å². The molecule has 0 bridgehead atoms. The van der Waals surface area contributed by atoms with Gasteiger partial charge in [-0.15, -0.1) is 0 Å². The number of hydrogen-bond donors (Lipinski definition) is 2. The molecule has 0 atom stereocenters. The van der Waals surface area contributed by atoms with Crippen LogP contribution < -0.4 is 5.32 Å². The molecule has 0 fully saturated rings. The Morgan fingerprint density at radius 1 is 1.38 bits per heavy atom. The van der Waals surface area contributed by atoms with E-state index in [4.69, 9.17) is 0 Å². The third-order valence-corrected chi connectivity index (χ3v) is 2.76. The van der Waals surface area contributed by atoms with Crippen LogP contribution in [0.3, 0.4) is 0 Å². The smallest absolute Gasteiger partial charge is 0.117 e. The zero-order chi connectivity index (χ0) is 11.7. The highest BCUT2D eigenvalue weighted by atomic mass is 16.3. The summed E-state index contributed by atoms with van der Waals surface area (Å²) in [7, 11) is 2.00. The average molecular weight is 218 g/mol. The summed E-state index contributed by atoms with van der Waals surface area (Å²) >= 11 is 0. The monoisotopic (exact) mass is 218 g/mol. The van der Waals surface area contributed by atoms with Gasteiger partial charge in [-0.3, -0.25) is 0 Å². The first-order valence-electron chi connectivity index (χ1n) is 5.58. The topological polar surface area (TPSA) is 37.2 Å². The zero-order valence-corrected chi connectivity index (χ0v) is 9.99.